The van der Waals surface area contributed by atoms with Crippen molar-refractivity contribution < 1.29 is 9.47 Å². The Balaban J connectivity index is 1.64. The third-order valence-electron chi connectivity index (χ3n) is 4.82. The van der Waals surface area contributed by atoms with Crippen LogP contribution in [0, 0.1) is 6.92 Å². The molecule has 0 N–H and O–H groups in total. The van der Waals surface area contributed by atoms with Gasteiger partial charge in [0.1, 0.15) is 11.5 Å². The minimum Gasteiger partial charge on any atom is -0.496 e. The lowest BCUT2D eigenvalue weighted by atomic mass is 10.1. The summed E-state index contributed by atoms with van der Waals surface area (Å²) < 4.78 is 11.0. The van der Waals surface area contributed by atoms with Crippen LogP contribution in [-0.4, -0.2) is 45.3 Å². The monoisotopic (exact) mass is 360 g/mol. The van der Waals surface area contributed by atoms with E-state index >= 15 is 0 Å². The van der Waals surface area contributed by atoms with Gasteiger partial charge in [0.05, 0.1) is 14.2 Å². The van der Waals surface area contributed by atoms with E-state index in [1.54, 1.807) is 14.2 Å². The van der Waals surface area contributed by atoms with Crippen molar-refractivity contribution in [3.05, 3.63) is 52.5 Å². The number of hydrogen-bond donors (Lipinski definition) is 0. The molecule has 4 nitrogen and oxygen atoms in total. The van der Waals surface area contributed by atoms with E-state index < -0.39 is 0 Å². The topological polar surface area (TPSA) is 24.9 Å². The maximum Gasteiger partial charge on any atom is 0.129 e. The molecule has 2 aromatic rings. The Morgan fingerprint density at radius 3 is 2.20 bits per heavy atom. The van der Waals surface area contributed by atoms with Crippen LogP contribution in [0.4, 0.5) is 5.69 Å². The van der Waals surface area contributed by atoms with Crippen LogP contribution in [0.2, 0.25) is 5.02 Å². The van der Waals surface area contributed by atoms with Crippen LogP contribution in [-0.2, 0) is 6.54 Å². The maximum atomic E-state index is 5.98. The number of ether oxygens (including phenoxy) is 2. The van der Waals surface area contributed by atoms with Crippen molar-refractivity contribution in [2.45, 2.75) is 13.5 Å². The van der Waals surface area contributed by atoms with Crippen molar-refractivity contribution >= 4 is 17.3 Å². The number of benzene rings is 2. The van der Waals surface area contributed by atoms with Gasteiger partial charge in [-0.05, 0) is 37.3 Å². The van der Waals surface area contributed by atoms with Crippen molar-refractivity contribution in [1.29, 1.82) is 0 Å². The van der Waals surface area contributed by atoms with Gasteiger partial charge in [0.2, 0.25) is 0 Å². The molecule has 0 atom stereocenters. The molecule has 2 aromatic carbocycles. The summed E-state index contributed by atoms with van der Waals surface area (Å²) in [7, 11) is 3.42. The van der Waals surface area contributed by atoms with Gasteiger partial charge >= 0.3 is 0 Å². The quantitative estimate of drug-likeness (QED) is 0.805. The van der Waals surface area contributed by atoms with E-state index in [1.165, 1.54) is 11.3 Å². The number of hydrogen-bond acceptors (Lipinski definition) is 4. The lowest BCUT2D eigenvalue weighted by molar-refractivity contribution is 0.245. The molecule has 1 aliphatic heterocycles. The van der Waals surface area contributed by atoms with E-state index in [4.69, 9.17) is 21.1 Å². The van der Waals surface area contributed by atoms with E-state index in [2.05, 4.69) is 28.0 Å². The summed E-state index contributed by atoms with van der Waals surface area (Å²) in [6, 6.07) is 12.2. The first-order valence-electron chi connectivity index (χ1n) is 8.55. The fourth-order valence-corrected chi connectivity index (χ4v) is 3.54. The summed E-state index contributed by atoms with van der Waals surface area (Å²) >= 11 is 5.98. The maximum absolute atomic E-state index is 5.98. The Morgan fingerprint density at radius 2 is 1.60 bits per heavy atom. The van der Waals surface area contributed by atoms with Crippen molar-refractivity contribution in [2.75, 3.05) is 45.3 Å². The number of methoxy groups -OCH3 is 2. The van der Waals surface area contributed by atoms with E-state index in [0.717, 1.165) is 54.8 Å². The van der Waals surface area contributed by atoms with Crippen LogP contribution in [0.5, 0.6) is 11.5 Å². The SMILES string of the molecule is COc1ccc(CN2CCN(c3ccc(Cl)cc3)CC2)c(OC)c1C. The molecular weight excluding hydrogens is 336 g/mol. The molecular formula is C20H25ClN2O2. The Bertz CT molecular complexity index is 710. The van der Waals surface area contributed by atoms with Gasteiger partial charge < -0.3 is 14.4 Å². The fourth-order valence-electron chi connectivity index (χ4n) is 3.42. The summed E-state index contributed by atoms with van der Waals surface area (Å²) in [5.41, 5.74) is 3.50. The molecule has 0 amide bonds. The molecule has 0 saturated carbocycles. The molecule has 0 spiro atoms. The second kappa shape index (κ2) is 7.98. The van der Waals surface area contributed by atoms with Gasteiger partial charge in [-0.15, -0.1) is 0 Å². The average Bonchev–Trinajstić information content (AvgIpc) is 2.63. The molecule has 1 aliphatic rings. The summed E-state index contributed by atoms with van der Waals surface area (Å²) in [5.74, 6) is 1.80. The zero-order valence-corrected chi connectivity index (χ0v) is 15.8. The highest BCUT2D eigenvalue weighted by Gasteiger charge is 2.19. The van der Waals surface area contributed by atoms with Gasteiger partial charge in [0.25, 0.3) is 0 Å². The van der Waals surface area contributed by atoms with Gasteiger partial charge in [0, 0.05) is 54.6 Å². The van der Waals surface area contributed by atoms with Gasteiger partial charge in [-0.3, -0.25) is 4.90 Å². The molecule has 0 aliphatic carbocycles. The fraction of sp³-hybridized carbons (Fsp3) is 0.400. The minimum absolute atomic E-state index is 0.782. The predicted molar refractivity (Wildman–Crippen MR) is 103 cm³/mol. The molecule has 3 rings (SSSR count). The molecule has 1 heterocycles. The van der Waals surface area contributed by atoms with E-state index in [1.807, 2.05) is 25.1 Å². The smallest absolute Gasteiger partial charge is 0.129 e. The number of anilines is 1. The predicted octanol–water partition coefficient (Wildman–Crippen LogP) is 3.99. The highest BCUT2D eigenvalue weighted by molar-refractivity contribution is 6.30. The van der Waals surface area contributed by atoms with E-state index in [9.17, 15) is 0 Å². The Kier molecular flexibility index (Phi) is 5.71. The van der Waals surface area contributed by atoms with Crippen LogP contribution in [0.25, 0.3) is 0 Å². The lowest BCUT2D eigenvalue weighted by Gasteiger charge is -2.36. The molecule has 25 heavy (non-hydrogen) atoms. The van der Waals surface area contributed by atoms with Crippen LogP contribution >= 0.6 is 11.6 Å². The van der Waals surface area contributed by atoms with Crippen LogP contribution in [0.1, 0.15) is 11.1 Å². The zero-order chi connectivity index (χ0) is 17.8. The minimum atomic E-state index is 0.782. The summed E-state index contributed by atoms with van der Waals surface area (Å²) in [6.07, 6.45) is 0. The van der Waals surface area contributed by atoms with Crippen LogP contribution in [0.3, 0.4) is 0 Å². The van der Waals surface area contributed by atoms with Gasteiger partial charge in [-0.1, -0.05) is 17.7 Å². The average molecular weight is 361 g/mol. The van der Waals surface area contributed by atoms with Crippen LogP contribution in [0.15, 0.2) is 36.4 Å². The molecule has 0 unspecified atom stereocenters. The Hall–Kier alpha value is -1.91. The van der Waals surface area contributed by atoms with Crippen molar-refractivity contribution in [1.82, 2.24) is 4.90 Å². The third kappa shape index (κ3) is 4.02. The molecule has 134 valence electrons. The lowest BCUT2D eigenvalue weighted by Crippen LogP contribution is -2.46. The van der Waals surface area contributed by atoms with E-state index in [-0.39, 0.29) is 0 Å². The highest BCUT2D eigenvalue weighted by Crippen LogP contribution is 2.32. The standard InChI is InChI=1S/C20H25ClN2O2/c1-15-19(24-2)9-4-16(20(15)25-3)14-22-10-12-23(13-11-22)18-7-5-17(21)6-8-18/h4-9H,10-14H2,1-3H3. The van der Waals surface area contributed by atoms with Crippen LogP contribution < -0.4 is 14.4 Å². The van der Waals surface area contributed by atoms with Crippen molar-refractivity contribution in [3.8, 4) is 11.5 Å². The first-order valence-corrected chi connectivity index (χ1v) is 8.93. The van der Waals surface area contributed by atoms with Gasteiger partial charge in [0.15, 0.2) is 0 Å². The Labute approximate surface area is 154 Å². The molecule has 1 saturated heterocycles. The molecule has 5 heteroatoms. The molecule has 1 fully saturated rings. The number of piperazine rings is 1. The number of rotatable bonds is 5. The van der Waals surface area contributed by atoms with Crippen molar-refractivity contribution in [3.63, 3.8) is 0 Å². The first kappa shape index (κ1) is 17.9. The summed E-state index contributed by atoms with van der Waals surface area (Å²) in [5, 5.41) is 0.782. The second-order valence-corrected chi connectivity index (χ2v) is 6.76. The van der Waals surface area contributed by atoms with Crippen molar-refractivity contribution in [2.24, 2.45) is 0 Å². The molecule has 0 aromatic heterocycles. The number of nitrogens with zero attached hydrogens (tertiary/aromatic N) is 2. The summed E-state index contributed by atoms with van der Waals surface area (Å²) in [4.78, 5) is 4.87. The van der Waals surface area contributed by atoms with Gasteiger partial charge in [-0.2, -0.15) is 0 Å². The zero-order valence-electron chi connectivity index (χ0n) is 15.1. The molecule has 0 bridgehead atoms. The summed E-state index contributed by atoms with van der Waals surface area (Å²) in [6.45, 7) is 7.01. The first-order chi connectivity index (χ1) is 12.1. The second-order valence-electron chi connectivity index (χ2n) is 6.32. The third-order valence-corrected chi connectivity index (χ3v) is 5.07. The number of halogens is 1. The normalized spacial score (nSPS) is 15.3. The largest absolute Gasteiger partial charge is 0.496 e. The Morgan fingerprint density at radius 1 is 0.920 bits per heavy atom. The molecule has 0 radical (unpaired) electrons. The highest BCUT2D eigenvalue weighted by atomic mass is 35.5. The van der Waals surface area contributed by atoms with E-state index in [0.29, 0.717) is 0 Å². The van der Waals surface area contributed by atoms with Gasteiger partial charge in [-0.25, -0.2) is 0 Å².